The van der Waals surface area contributed by atoms with E-state index in [4.69, 9.17) is 9.84 Å². The predicted molar refractivity (Wildman–Crippen MR) is 65.8 cm³/mol. The molecule has 9 nitrogen and oxygen atoms in total. The Morgan fingerprint density at radius 2 is 2.25 bits per heavy atom. The quantitative estimate of drug-likeness (QED) is 0.493. The largest absolute Gasteiger partial charge is 0.394 e. The van der Waals surface area contributed by atoms with E-state index in [0.29, 0.717) is 12.5 Å². The van der Waals surface area contributed by atoms with Gasteiger partial charge in [-0.15, -0.1) is 0 Å². The maximum Gasteiger partial charge on any atom is 0.277 e. The molecule has 2 aliphatic heterocycles. The summed E-state index contributed by atoms with van der Waals surface area (Å²) in [6, 6.07) is 0. The number of carbonyl (C=O) groups is 1. The topological polar surface area (TPSA) is 120 Å². The van der Waals surface area contributed by atoms with Crippen molar-refractivity contribution in [1.82, 2.24) is 14.5 Å². The third-order valence-electron chi connectivity index (χ3n) is 3.62. The van der Waals surface area contributed by atoms with Crippen molar-refractivity contribution in [1.29, 1.82) is 0 Å². The number of nitrogens with zero attached hydrogens (tertiary/aromatic N) is 3. The number of hydrogen-bond acceptors (Lipinski definition) is 7. The van der Waals surface area contributed by atoms with Crippen molar-refractivity contribution in [3.8, 4) is 0 Å². The van der Waals surface area contributed by atoms with E-state index in [0.717, 1.165) is 0 Å². The summed E-state index contributed by atoms with van der Waals surface area (Å²) in [6.07, 6.45) is -2.79. The van der Waals surface area contributed by atoms with Crippen LogP contribution in [0, 0.1) is 0 Å². The number of aromatic nitrogens is 2. The standard InChI is InChI=1S/C11H16N4O5/c1-14-3-13-9-6(10(14)19)12-4-15(9)11-8(18)7(17)5(2-16)20-11/h4-5,7-8,11,13,16-18H,2-3H2,1H3. The number of aliphatic hydroxyl groups excluding tert-OH is 3. The summed E-state index contributed by atoms with van der Waals surface area (Å²) >= 11 is 0. The molecule has 0 radical (unpaired) electrons. The molecule has 0 spiro atoms. The summed E-state index contributed by atoms with van der Waals surface area (Å²) in [7, 11) is 1.64. The van der Waals surface area contributed by atoms with Gasteiger partial charge in [0.05, 0.1) is 19.6 Å². The molecule has 2 aliphatic rings. The van der Waals surface area contributed by atoms with Gasteiger partial charge in [-0.25, -0.2) is 4.98 Å². The minimum absolute atomic E-state index is 0.232. The van der Waals surface area contributed by atoms with Gasteiger partial charge in [0.1, 0.15) is 24.1 Å². The fourth-order valence-electron chi connectivity index (χ4n) is 2.44. The lowest BCUT2D eigenvalue weighted by molar-refractivity contribution is -0.0519. The maximum atomic E-state index is 11.9. The number of imidazole rings is 1. The molecule has 1 aromatic rings. The molecule has 4 unspecified atom stereocenters. The van der Waals surface area contributed by atoms with E-state index in [1.54, 1.807) is 7.05 Å². The van der Waals surface area contributed by atoms with Crippen molar-refractivity contribution in [3.05, 3.63) is 12.0 Å². The second kappa shape index (κ2) is 4.70. The SMILES string of the molecule is CN1CNc2c(ncn2C2OC(CO)C(O)C2O)C1=O. The van der Waals surface area contributed by atoms with Crippen LogP contribution in [0.1, 0.15) is 16.7 Å². The Labute approximate surface area is 114 Å². The Hall–Kier alpha value is -1.68. The second-order valence-electron chi connectivity index (χ2n) is 4.92. The number of carbonyl (C=O) groups excluding carboxylic acids is 1. The lowest BCUT2D eigenvalue weighted by Crippen LogP contribution is -2.38. The molecule has 0 aromatic carbocycles. The average Bonchev–Trinajstić information content (AvgIpc) is 2.98. The predicted octanol–water partition coefficient (Wildman–Crippen LogP) is -2.05. The summed E-state index contributed by atoms with van der Waals surface area (Å²) in [4.78, 5) is 17.4. The molecule has 110 valence electrons. The van der Waals surface area contributed by atoms with Gasteiger partial charge in [0.15, 0.2) is 11.9 Å². The molecule has 4 N–H and O–H groups in total. The van der Waals surface area contributed by atoms with Crippen LogP contribution in [0.25, 0.3) is 0 Å². The third kappa shape index (κ3) is 1.79. The van der Waals surface area contributed by atoms with Crippen LogP contribution in [0.4, 0.5) is 5.82 Å². The van der Waals surface area contributed by atoms with Crippen molar-refractivity contribution in [2.75, 3.05) is 25.6 Å². The van der Waals surface area contributed by atoms with Crippen LogP contribution in [0.15, 0.2) is 6.33 Å². The first-order chi connectivity index (χ1) is 9.54. The number of ether oxygens (including phenoxy) is 1. The van der Waals surface area contributed by atoms with E-state index in [9.17, 15) is 15.0 Å². The van der Waals surface area contributed by atoms with Gasteiger partial charge in [0, 0.05) is 7.05 Å². The van der Waals surface area contributed by atoms with Gasteiger partial charge >= 0.3 is 0 Å². The van der Waals surface area contributed by atoms with Gasteiger partial charge in [-0.05, 0) is 0 Å². The highest BCUT2D eigenvalue weighted by Crippen LogP contribution is 2.33. The zero-order valence-electron chi connectivity index (χ0n) is 10.8. The van der Waals surface area contributed by atoms with Gasteiger partial charge < -0.3 is 30.3 Å². The van der Waals surface area contributed by atoms with Crippen LogP contribution in [-0.4, -0.2) is 74.3 Å². The Bertz CT molecular complexity index is 533. The zero-order chi connectivity index (χ0) is 14.4. The molecule has 1 amide bonds. The first-order valence-corrected chi connectivity index (χ1v) is 6.23. The van der Waals surface area contributed by atoms with E-state index >= 15 is 0 Å². The molecule has 4 atom stereocenters. The molecule has 3 rings (SSSR count). The monoisotopic (exact) mass is 284 g/mol. The van der Waals surface area contributed by atoms with E-state index in [2.05, 4.69) is 10.3 Å². The smallest absolute Gasteiger partial charge is 0.277 e. The zero-order valence-corrected chi connectivity index (χ0v) is 10.8. The Morgan fingerprint density at radius 1 is 1.50 bits per heavy atom. The highest BCUT2D eigenvalue weighted by atomic mass is 16.6. The van der Waals surface area contributed by atoms with Crippen LogP contribution in [0.3, 0.4) is 0 Å². The van der Waals surface area contributed by atoms with E-state index in [1.165, 1.54) is 15.8 Å². The maximum absolute atomic E-state index is 11.9. The molecular weight excluding hydrogens is 268 g/mol. The summed E-state index contributed by atoms with van der Waals surface area (Å²) in [5.41, 5.74) is 0.233. The van der Waals surface area contributed by atoms with Gasteiger partial charge in [0.25, 0.3) is 5.91 Å². The van der Waals surface area contributed by atoms with Crippen LogP contribution < -0.4 is 5.32 Å². The number of aliphatic hydroxyl groups is 3. The fraction of sp³-hybridized carbons (Fsp3) is 0.636. The minimum atomic E-state index is -1.21. The van der Waals surface area contributed by atoms with Gasteiger partial charge in [0.2, 0.25) is 0 Å². The van der Waals surface area contributed by atoms with Gasteiger partial charge in [-0.1, -0.05) is 0 Å². The highest BCUT2D eigenvalue weighted by Gasteiger charge is 2.44. The van der Waals surface area contributed by atoms with E-state index < -0.39 is 31.1 Å². The molecule has 9 heteroatoms. The van der Waals surface area contributed by atoms with Crippen molar-refractivity contribution in [2.24, 2.45) is 0 Å². The van der Waals surface area contributed by atoms with Crippen molar-refractivity contribution < 1.29 is 24.9 Å². The molecule has 1 aromatic heterocycles. The Morgan fingerprint density at radius 3 is 2.90 bits per heavy atom. The van der Waals surface area contributed by atoms with Crippen molar-refractivity contribution in [2.45, 2.75) is 24.5 Å². The minimum Gasteiger partial charge on any atom is -0.394 e. The van der Waals surface area contributed by atoms with Gasteiger partial charge in [-0.3, -0.25) is 9.36 Å². The fourth-order valence-corrected chi connectivity index (χ4v) is 2.44. The normalized spacial score (nSPS) is 33.2. The number of fused-ring (bicyclic) bond motifs is 1. The van der Waals surface area contributed by atoms with Crippen LogP contribution >= 0.6 is 0 Å². The number of hydrogen-bond donors (Lipinski definition) is 4. The lowest BCUT2D eigenvalue weighted by Gasteiger charge is -2.26. The Balaban J connectivity index is 1.93. The molecule has 0 aliphatic carbocycles. The number of rotatable bonds is 2. The van der Waals surface area contributed by atoms with Crippen LogP contribution in [-0.2, 0) is 4.74 Å². The molecule has 3 heterocycles. The van der Waals surface area contributed by atoms with Crippen molar-refractivity contribution >= 4 is 11.7 Å². The van der Waals surface area contributed by atoms with Crippen LogP contribution in [0.2, 0.25) is 0 Å². The molecule has 0 saturated carbocycles. The summed E-state index contributed by atoms with van der Waals surface area (Å²) in [5.74, 6) is 0.201. The summed E-state index contributed by atoms with van der Waals surface area (Å²) in [5, 5.41) is 31.8. The van der Waals surface area contributed by atoms with Crippen molar-refractivity contribution in [3.63, 3.8) is 0 Å². The van der Waals surface area contributed by atoms with Crippen LogP contribution in [0.5, 0.6) is 0 Å². The summed E-state index contributed by atoms with van der Waals surface area (Å²) < 4.78 is 6.88. The first-order valence-electron chi connectivity index (χ1n) is 6.23. The van der Waals surface area contributed by atoms with E-state index in [1.807, 2.05) is 0 Å². The molecule has 1 fully saturated rings. The highest BCUT2D eigenvalue weighted by molar-refractivity contribution is 5.98. The number of nitrogens with one attached hydrogen (secondary N) is 1. The summed E-state index contributed by atoms with van der Waals surface area (Å²) in [6.45, 7) is -0.0902. The Kier molecular flexibility index (Phi) is 3.13. The number of amides is 1. The third-order valence-corrected chi connectivity index (χ3v) is 3.62. The average molecular weight is 284 g/mol. The first kappa shape index (κ1) is 13.3. The lowest BCUT2D eigenvalue weighted by atomic mass is 10.1. The molecular formula is C11H16N4O5. The molecule has 0 bridgehead atoms. The van der Waals surface area contributed by atoms with E-state index in [-0.39, 0.29) is 11.6 Å². The number of anilines is 1. The molecule has 20 heavy (non-hydrogen) atoms. The second-order valence-corrected chi connectivity index (χ2v) is 4.92. The van der Waals surface area contributed by atoms with Gasteiger partial charge in [-0.2, -0.15) is 0 Å². The molecule has 1 saturated heterocycles.